The second-order valence-electron chi connectivity index (χ2n) is 8.22. The Bertz CT molecular complexity index is 862. The lowest BCUT2D eigenvalue weighted by Crippen LogP contribution is -2.57. The van der Waals surface area contributed by atoms with Crippen LogP contribution in [0.4, 0.5) is 0 Å². The average molecular weight is 479 g/mol. The molecule has 0 fully saturated rings. The maximum absolute atomic E-state index is 13.0. The van der Waals surface area contributed by atoms with Crippen molar-refractivity contribution < 1.29 is 34.2 Å². The van der Waals surface area contributed by atoms with Gasteiger partial charge in [0.2, 0.25) is 17.7 Å². The van der Waals surface area contributed by atoms with Crippen molar-refractivity contribution in [2.75, 3.05) is 0 Å². The quantitative estimate of drug-likeness (QED) is 0.216. The molecule has 0 radical (unpaired) electrons. The molecule has 3 amide bonds. The van der Waals surface area contributed by atoms with E-state index in [9.17, 15) is 29.1 Å². The zero-order chi connectivity index (χ0) is 25.8. The molecule has 7 N–H and O–H groups in total. The molecular formula is C23H34N4O7. The minimum atomic E-state index is -1.42. The number of benzene rings is 1. The molecule has 0 aliphatic rings. The minimum absolute atomic E-state index is 0.108. The summed E-state index contributed by atoms with van der Waals surface area (Å²) in [5.41, 5.74) is 6.76. The maximum Gasteiger partial charge on any atom is 0.326 e. The summed E-state index contributed by atoms with van der Waals surface area (Å²) in [6, 6.07) is 4.56. The van der Waals surface area contributed by atoms with E-state index in [1.165, 1.54) is 6.92 Å². The van der Waals surface area contributed by atoms with Crippen LogP contribution in [0, 0.1) is 5.92 Å². The number of hydrogen-bond donors (Lipinski definition) is 6. The zero-order valence-electron chi connectivity index (χ0n) is 19.6. The average Bonchev–Trinajstić information content (AvgIpc) is 2.80. The lowest BCUT2D eigenvalue weighted by Gasteiger charge is -2.25. The third-order valence-corrected chi connectivity index (χ3v) is 5.49. The van der Waals surface area contributed by atoms with Gasteiger partial charge in [-0.25, -0.2) is 4.79 Å². The summed E-state index contributed by atoms with van der Waals surface area (Å²) in [4.78, 5) is 60.0. The Hall–Kier alpha value is -3.47. The number of carbonyl (C=O) groups excluding carboxylic acids is 3. The Labute approximate surface area is 198 Å². The van der Waals surface area contributed by atoms with Gasteiger partial charge in [0.15, 0.2) is 0 Å². The van der Waals surface area contributed by atoms with Crippen molar-refractivity contribution in [3.63, 3.8) is 0 Å². The van der Waals surface area contributed by atoms with E-state index in [1.54, 1.807) is 24.3 Å². The van der Waals surface area contributed by atoms with E-state index in [-0.39, 0.29) is 18.8 Å². The third kappa shape index (κ3) is 9.57. The largest absolute Gasteiger partial charge is 0.481 e. The van der Waals surface area contributed by atoms with Gasteiger partial charge in [-0.3, -0.25) is 19.2 Å². The molecule has 0 spiro atoms. The number of aliphatic carboxylic acids is 2. The Kier molecular flexibility index (Phi) is 11.7. The maximum atomic E-state index is 13.0. The molecule has 0 saturated heterocycles. The van der Waals surface area contributed by atoms with Crippen molar-refractivity contribution in [3.8, 4) is 0 Å². The van der Waals surface area contributed by atoms with Gasteiger partial charge >= 0.3 is 11.9 Å². The third-order valence-electron chi connectivity index (χ3n) is 5.49. The molecule has 11 nitrogen and oxygen atoms in total. The van der Waals surface area contributed by atoms with Crippen LogP contribution >= 0.6 is 0 Å². The predicted molar refractivity (Wildman–Crippen MR) is 124 cm³/mol. The molecule has 1 aromatic rings. The summed E-state index contributed by atoms with van der Waals surface area (Å²) in [7, 11) is 0. The van der Waals surface area contributed by atoms with Crippen molar-refractivity contribution in [1.82, 2.24) is 16.0 Å². The Morgan fingerprint density at radius 3 is 2.00 bits per heavy atom. The Morgan fingerprint density at radius 1 is 0.882 bits per heavy atom. The molecule has 0 bridgehead atoms. The summed E-state index contributed by atoms with van der Waals surface area (Å²) in [5, 5.41) is 25.3. The molecule has 0 aromatic heterocycles. The van der Waals surface area contributed by atoms with Gasteiger partial charge in [-0.15, -0.1) is 0 Å². The number of hydrogen-bond acceptors (Lipinski definition) is 6. The van der Waals surface area contributed by atoms with E-state index in [2.05, 4.69) is 16.0 Å². The minimum Gasteiger partial charge on any atom is -0.481 e. The first-order chi connectivity index (χ1) is 16.0. The van der Waals surface area contributed by atoms with Crippen LogP contribution < -0.4 is 21.7 Å². The molecule has 5 unspecified atom stereocenters. The first kappa shape index (κ1) is 28.6. The summed E-state index contributed by atoms with van der Waals surface area (Å²) in [6.07, 6.45) is 0.0706. The van der Waals surface area contributed by atoms with Crippen LogP contribution in [0.25, 0.3) is 0 Å². The van der Waals surface area contributed by atoms with Crippen LogP contribution in [-0.4, -0.2) is 64.0 Å². The number of carbonyl (C=O) groups is 5. The normalized spacial score (nSPS) is 15.2. The summed E-state index contributed by atoms with van der Waals surface area (Å²) in [6.45, 7) is 5.08. The van der Waals surface area contributed by atoms with Gasteiger partial charge in [-0.05, 0) is 24.8 Å². The SMILES string of the molecule is CCC(C)C(N)C(=O)NC(Cc1ccccc1)C(=O)NC(C)C(=O)NC(CCC(=O)O)C(=O)O. The molecule has 34 heavy (non-hydrogen) atoms. The fourth-order valence-corrected chi connectivity index (χ4v) is 3.04. The number of nitrogens with one attached hydrogen (secondary N) is 3. The summed E-state index contributed by atoms with van der Waals surface area (Å²) in [5.74, 6) is -4.63. The molecule has 0 saturated carbocycles. The topological polar surface area (TPSA) is 188 Å². The van der Waals surface area contributed by atoms with Crippen LogP contribution in [0.1, 0.15) is 45.6 Å². The molecule has 1 rings (SSSR count). The van der Waals surface area contributed by atoms with Crippen molar-refractivity contribution >= 4 is 29.7 Å². The van der Waals surface area contributed by atoms with Gasteiger partial charge < -0.3 is 31.9 Å². The fourth-order valence-electron chi connectivity index (χ4n) is 3.04. The lowest BCUT2D eigenvalue weighted by molar-refractivity contribution is -0.143. The van der Waals surface area contributed by atoms with Crippen LogP contribution in [0.15, 0.2) is 30.3 Å². The highest BCUT2D eigenvalue weighted by Gasteiger charge is 2.29. The molecule has 188 valence electrons. The van der Waals surface area contributed by atoms with Crippen LogP contribution in [0.5, 0.6) is 0 Å². The van der Waals surface area contributed by atoms with Gasteiger partial charge in [0.05, 0.1) is 6.04 Å². The number of carboxylic acid groups (broad SMARTS) is 2. The standard InChI is InChI=1S/C23H34N4O7/c1-4-13(2)19(24)22(32)27-17(12-15-8-6-5-7-9-15)21(31)25-14(3)20(30)26-16(23(33)34)10-11-18(28)29/h5-9,13-14,16-17,19H,4,10-12,24H2,1-3H3,(H,25,31)(H,26,30)(H,27,32)(H,28,29)(H,33,34). The van der Waals surface area contributed by atoms with E-state index < -0.39 is 60.2 Å². The van der Waals surface area contributed by atoms with Crippen molar-refractivity contribution in [2.45, 2.75) is 70.6 Å². The highest BCUT2D eigenvalue weighted by molar-refractivity contribution is 5.94. The number of amides is 3. The van der Waals surface area contributed by atoms with Gasteiger partial charge in [-0.1, -0.05) is 50.6 Å². The van der Waals surface area contributed by atoms with E-state index in [1.807, 2.05) is 19.9 Å². The van der Waals surface area contributed by atoms with E-state index in [0.29, 0.717) is 6.42 Å². The van der Waals surface area contributed by atoms with Crippen LogP contribution in [0.2, 0.25) is 0 Å². The van der Waals surface area contributed by atoms with E-state index in [0.717, 1.165) is 5.56 Å². The van der Waals surface area contributed by atoms with Gasteiger partial charge in [-0.2, -0.15) is 0 Å². The van der Waals surface area contributed by atoms with Gasteiger partial charge in [0, 0.05) is 12.8 Å². The van der Waals surface area contributed by atoms with Crippen molar-refractivity contribution in [2.24, 2.45) is 11.7 Å². The smallest absolute Gasteiger partial charge is 0.326 e. The monoisotopic (exact) mass is 478 g/mol. The summed E-state index contributed by atoms with van der Waals surface area (Å²) < 4.78 is 0. The van der Waals surface area contributed by atoms with Gasteiger partial charge in [0.25, 0.3) is 0 Å². The van der Waals surface area contributed by atoms with Crippen molar-refractivity contribution in [1.29, 1.82) is 0 Å². The van der Waals surface area contributed by atoms with Crippen LogP contribution in [0.3, 0.4) is 0 Å². The van der Waals surface area contributed by atoms with Crippen LogP contribution in [-0.2, 0) is 30.4 Å². The summed E-state index contributed by atoms with van der Waals surface area (Å²) >= 11 is 0. The number of carboxylic acids is 2. The zero-order valence-corrected chi connectivity index (χ0v) is 19.6. The van der Waals surface area contributed by atoms with Gasteiger partial charge in [0.1, 0.15) is 18.1 Å². The van der Waals surface area contributed by atoms with E-state index in [4.69, 9.17) is 10.8 Å². The first-order valence-electron chi connectivity index (χ1n) is 11.1. The fraction of sp³-hybridized carbons (Fsp3) is 0.522. The predicted octanol–water partition coefficient (Wildman–Crippen LogP) is 0.0262. The highest BCUT2D eigenvalue weighted by Crippen LogP contribution is 2.08. The van der Waals surface area contributed by atoms with E-state index >= 15 is 0 Å². The molecule has 1 aromatic carbocycles. The number of rotatable bonds is 14. The molecule has 0 aliphatic carbocycles. The van der Waals surface area contributed by atoms with Crippen molar-refractivity contribution in [3.05, 3.63) is 35.9 Å². The molecule has 11 heteroatoms. The second kappa shape index (κ2) is 13.9. The highest BCUT2D eigenvalue weighted by atomic mass is 16.4. The number of nitrogens with two attached hydrogens (primary N) is 1. The molecule has 5 atom stereocenters. The Balaban J connectivity index is 2.90. The molecular weight excluding hydrogens is 444 g/mol. The molecule has 0 aliphatic heterocycles. The second-order valence-corrected chi connectivity index (χ2v) is 8.22. The Morgan fingerprint density at radius 2 is 1.47 bits per heavy atom. The molecule has 0 heterocycles. The lowest BCUT2D eigenvalue weighted by atomic mass is 9.98. The first-order valence-corrected chi connectivity index (χ1v) is 11.1.